The lowest BCUT2D eigenvalue weighted by atomic mass is 9.96. The summed E-state index contributed by atoms with van der Waals surface area (Å²) in [5, 5.41) is 120. The van der Waals surface area contributed by atoms with Crippen LogP contribution in [0.2, 0.25) is 0 Å². The first-order valence-electron chi connectivity index (χ1n) is 36.4. The van der Waals surface area contributed by atoms with Gasteiger partial charge in [0, 0.05) is 6.42 Å². The van der Waals surface area contributed by atoms with E-state index in [9.17, 15) is 61.0 Å². The molecule has 3 saturated heterocycles. The third kappa shape index (κ3) is 34.7. The Morgan fingerprint density at radius 3 is 1.06 bits per heavy atom. The number of rotatable bonds is 57. The number of ether oxygens (including phenoxy) is 6. The Bertz CT molecular complexity index is 1670. The summed E-state index contributed by atoms with van der Waals surface area (Å²) >= 11 is 0. The summed E-state index contributed by atoms with van der Waals surface area (Å²) in [4.78, 5) is 13.4. The van der Waals surface area contributed by atoms with Crippen LogP contribution < -0.4 is 5.32 Å². The van der Waals surface area contributed by atoms with Gasteiger partial charge in [-0.3, -0.25) is 4.79 Å². The van der Waals surface area contributed by atoms with Crippen molar-refractivity contribution in [3.8, 4) is 0 Å². The van der Waals surface area contributed by atoms with E-state index >= 15 is 0 Å². The predicted octanol–water partition coefficient (Wildman–Crippen LogP) is 10.1. The van der Waals surface area contributed by atoms with Crippen molar-refractivity contribution in [2.75, 3.05) is 26.4 Å². The van der Waals surface area contributed by atoms with Crippen molar-refractivity contribution < 1.29 is 89.4 Å². The first-order valence-corrected chi connectivity index (χ1v) is 36.4. The van der Waals surface area contributed by atoms with Gasteiger partial charge in [0.25, 0.3) is 0 Å². The van der Waals surface area contributed by atoms with Crippen LogP contribution in [0, 0.1) is 0 Å². The van der Waals surface area contributed by atoms with Crippen molar-refractivity contribution in [1.29, 1.82) is 0 Å². The molecule has 3 heterocycles. The van der Waals surface area contributed by atoms with Gasteiger partial charge in [0.05, 0.1) is 38.6 Å². The maximum atomic E-state index is 13.4. The van der Waals surface area contributed by atoms with E-state index in [-0.39, 0.29) is 18.9 Å². The number of hydrogen-bond acceptors (Lipinski definition) is 18. The second-order valence-corrected chi connectivity index (χ2v) is 26.4. The molecule has 17 unspecified atom stereocenters. The van der Waals surface area contributed by atoms with E-state index < -0.39 is 124 Å². The number of amides is 1. The molecular weight excluding hydrogens is 1140 g/mol. The van der Waals surface area contributed by atoms with Gasteiger partial charge in [0.1, 0.15) is 73.2 Å². The van der Waals surface area contributed by atoms with Crippen LogP contribution in [0.5, 0.6) is 0 Å². The Kier molecular flexibility index (Phi) is 48.5. The number of aliphatic hydroxyl groups is 11. The minimum Gasteiger partial charge on any atom is -0.394 e. The predicted molar refractivity (Wildman–Crippen MR) is 347 cm³/mol. The Morgan fingerprint density at radius 2 is 0.697 bits per heavy atom. The third-order valence-electron chi connectivity index (χ3n) is 18.6. The molecule has 0 radical (unpaired) electrons. The standard InChI is InChI=1S/C70H133NO18/c1-3-5-7-9-11-13-15-17-19-20-21-22-23-24-25-26-27-28-29-30-31-32-33-34-36-38-40-42-44-46-48-58(76)71-53(54(75)47-45-43-41-39-37-35-18-16-14-12-10-8-6-4-2)52-84-68-64(82)61(79)66(56(50-73)86-68)89-70-65(83)62(80)67(57(51-74)87-70)88-69-63(81)60(78)59(77)55(49-72)85-69/h45,47,53-57,59-70,72-75,77-83H,3-44,46,48-52H2,1-2H3,(H,71,76)/b47-45+. The van der Waals surface area contributed by atoms with Gasteiger partial charge in [-0.1, -0.05) is 283 Å². The molecule has 0 aromatic heterocycles. The Balaban J connectivity index is 1.36. The van der Waals surface area contributed by atoms with Crippen LogP contribution in [0.4, 0.5) is 0 Å². The summed E-state index contributed by atoms with van der Waals surface area (Å²) in [5.41, 5.74) is 0. The Labute approximate surface area is 537 Å². The average molecular weight is 1280 g/mol. The van der Waals surface area contributed by atoms with E-state index in [1.54, 1.807) is 6.08 Å². The molecular formula is C70H133NO18. The second kappa shape index (κ2) is 52.8. The smallest absolute Gasteiger partial charge is 0.220 e. The van der Waals surface area contributed by atoms with Gasteiger partial charge in [-0.05, 0) is 19.3 Å². The molecule has 3 aliphatic heterocycles. The lowest BCUT2D eigenvalue weighted by Crippen LogP contribution is -2.66. The molecule has 3 fully saturated rings. The van der Waals surface area contributed by atoms with Crippen LogP contribution in [0.3, 0.4) is 0 Å². The number of nitrogens with one attached hydrogen (secondary N) is 1. The molecule has 0 aromatic rings. The van der Waals surface area contributed by atoms with Crippen molar-refractivity contribution >= 4 is 5.91 Å². The summed E-state index contributed by atoms with van der Waals surface area (Å²) in [5.74, 6) is -0.269. The molecule has 0 spiro atoms. The van der Waals surface area contributed by atoms with E-state index in [1.807, 2.05) is 6.08 Å². The molecule has 526 valence electrons. The molecule has 3 aliphatic rings. The molecule has 0 saturated carbocycles. The van der Waals surface area contributed by atoms with Crippen LogP contribution in [0.25, 0.3) is 0 Å². The molecule has 89 heavy (non-hydrogen) atoms. The normalized spacial score (nSPS) is 28.2. The first kappa shape index (κ1) is 81.8. The SMILES string of the molecule is CCCCCCCCCCCCCC/C=C/C(O)C(COC1OC(CO)C(OC2OC(CO)C(OC3OC(CO)C(O)C(O)C3O)C(O)C2O)C(O)C1O)NC(=O)CCCCCCCCCCCCCCCCCCCCCCCCCCCCCCCC. The fraction of sp³-hybridized carbons (Fsp3) is 0.957. The summed E-state index contributed by atoms with van der Waals surface area (Å²) in [6.45, 7) is 1.77. The van der Waals surface area contributed by atoms with Crippen molar-refractivity contribution in [3.05, 3.63) is 12.2 Å². The van der Waals surface area contributed by atoms with Gasteiger partial charge >= 0.3 is 0 Å². The molecule has 12 N–H and O–H groups in total. The van der Waals surface area contributed by atoms with Crippen molar-refractivity contribution in [2.45, 2.75) is 401 Å². The lowest BCUT2D eigenvalue weighted by Gasteiger charge is -2.48. The quantitative estimate of drug-likeness (QED) is 0.0199. The topological polar surface area (TPSA) is 307 Å². The monoisotopic (exact) mass is 1280 g/mol. The minimum absolute atomic E-state index is 0.250. The zero-order chi connectivity index (χ0) is 64.7. The molecule has 17 atom stereocenters. The van der Waals surface area contributed by atoms with Gasteiger partial charge in [-0.2, -0.15) is 0 Å². The highest BCUT2D eigenvalue weighted by atomic mass is 16.8. The number of carbonyl (C=O) groups excluding carboxylic acids is 1. The molecule has 1 amide bonds. The molecule has 0 aliphatic carbocycles. The van der Waals surface area contributed by atoms with E-state index in [0.717, 1.165) is 44.9 Å². The minimum atomic E-state index is -1.98. The molecule has 19 heteroatoms. The highest BCUT2D eigenvalue weighted by molar-refractivity contribution is 5.76. The third-order valence-corrected chi connectivity index (χ3v) is 18.6. The highest BCUT2D eigenvalue weighted by Gasteiger charge is 2.53. The largest absolute Gasteiger partial charge is 0.394 e. The van der Waals surface area contributed by atoms with E-state index in [0.29, 0.717) is 6.42 Å². The number of unbranched alkanes of at least 4 members (excludes halogenated alkanes) is 41. The molecule has 3 rings (SSSR count). The van der Waals surface area contributed by atoms with Crippen LogP contribution in [-0.2, 0) is 33.2 Å². The lowest BCUT2D eigenvalue weighted by molar-refractivity contribution is -0.379. The van der Waals surface area contributed by atoms with Gasteiger partial charge in [-0.15, -0.1) is 0 Å². The summed E-state index contributed by atoms with van der Waals surface area (Å²) in [6.07, 6.45) is 32.1. The van der Waals surface area contributed by atoms with Gasteiger partial charge < -0.3 is 89.9 Å². The molecule has 19 nitrogen and oxygen atoms in total. The second-order valence-electron chi connectivity index (χ2n) is 26.4. The van der Waals surface area contributed by atoms with Gasteiger partial charge in [0.15, 0.2) is 18.9 Å². The van der Waals surface area contributed by atoms with E-state index in [1.165, 1.54) is 225 Å². The number of aliphatic hydroxyl groups excluding tert-OH is 11. The van der Waals surface area contributed by atoms with E-state index in [2.05, 4.69) is 19.2 Å². The maximum absolute atomic E-state index is 13.4. The zero-order valence-electron chi connectivity index (χ0n) is 55.7. The Morgan fingerprint density at radius 1 is 0.393 bits per heavy atom. The zero-order valence-corrected chi connectivity index (χ0v) is 55.7. The van der Waals surface area contributed by atoms with Crippen LogP contribution in [0.1, 0.15) is 296 Å². The molecule has 0 aromatic carbocycles. The first-order chi connectivity index (χ1) is 43.3. The fourth-order valence-corrected chi connectivity index (χ4v) is 12.7. The van der Waals surface area contributed by atoms with E-state index in [4.69, 9.17) is 28.4 Å². The van der Waals surface area contributed by atoms with Crippen molar-refractivity contribution in [3.63, 3.8) is 0 Å². The highest BCUT2D eigenvalue weighted by Crippen LogP contribution is 2.33. The number of carbonyl (C=O) groups is 1. The van der Waals surface area contributed by atoms with Gasteiger partial charge in [0.2, 0.25) is 5.91 Å². The summed E-state index contributed by atoms with van der Waals surface area (Å²) in [7, 11) is 0. The van der Waals surface area contributed by atoms with Crippen LogP contribution >= 0.6 is 0 Å². The maximum Gasteiger partial charge on any atom is 0.220 e. The van der Waals surface area contributed by atoms with Crippen LogP contribution in [-0.4, -0.2) is 193 Å². The fourth-order valence-electron chi connectivity index (χ4n) is 12.7. The Hall–Kier alpha value is -1.47. The van der Waals surface area contributed by atoms with Gasteiger partial charge in [-0.25, -0.2) is 0 Å². The van der Waals surface area contributed by atoms with Crippen molar-refractivity contribution in [1.82, 2.24) is 5.32 Å². The van der Waals surface area contributed by atoms with Crippen LogP contribution in [0.15, 0.2) is 12.2 Å². The average Bonchev–Trinajstić information content (AvgIpc) is 2.15. The summed E-state index contributed by atoms with van der Waals surface area (Å²) < 4.78 is 34.3. The summed E-state index contributed by atoms with van der Waals surface area (Å²) in [6, 6.07) is -0.968. The number of allylic oxidation sites excluding steroid dienone is 1. The number of hydrogen-bond donors (Lipinski definition) is 12. The molecule has 0 bridgehead atoms. The van der Waals surface area contributed by atoms with Crippen molar-refractivity contribution in [2.24, 2.45) is 0 Å².